The standard InChI is InChI=1S/C13H17N3O/c1-8(2)11-12(16-13(14)15-11)9-6-4-5-7-10(9)17-3/h4-8H,1-3H3,(H3,14,15,16). The molecule has 0 fully saturated rings. The largest absolute Gasteiger partial charge is 0.496 e. The molecule has 0 saturated carbocycles. The number of H-pyrrole nitrogens is 1. The third-order valence-corrected chi connectivity index (χ3v) is 2.69. The Labute approximate surface area is 101 Å². The van der Waals surface area contributed by atoms with Gasteiger partial charge in [0, 0.05) is 11.3 Å². The first-order chi connectivity index (χ1) is 8.13. The second-order valence-corrected chi connectivity index (χ2v) is 4.24. The van der Waals surface area contributed by atoms with Gasteiger partial charge in [0.15, 0.2) is 5.95 Å². The zero-order chi connectivity index (χ0) is 12.4. The van der Waals surface area contributed by atoms with Gasteiger partial charge < -0.3 is 15.5 Å². The van der Waals surface area contributed by atoms with Crippen molar-refractivity contribution < 1.29 is 4.74 Å². The van der Waals surface area contributed by atoms with Crippen molar-refractivity contribution in [3.8, 4) is 17.0 Å². The predicted octanol–water partition coefficient (Wildman–Crippen LogP) is 2.79. The number of benzene rings is 1. The summed E-state index contributed by atoms with van der Waals surface area (Å²) in [6, 6.07) is 7.81. The van der Waals surface area contributed by atoms with Crippen LogP contribution in [0.5, 0.6) is 5.75 Å². The minimum Gasteiger partial charge on any atom is -0.496 e. The molecule has 1 aromatic carbocycles. The van der Waals surface area contributed by atoms with E-state index in [9.17, 15) is 0 Å². The second kappa shape index (κ2) is 4.49. The summed E-state index contributed by atoms with van der Waals surface area (Å²) in [4.78, 5) is 7.46. The summed E-state index contributed by atoms with van der Waals surface area (Å²) in [7, 11) is 1.66. The normalized spacial score (nSPS) is 10.8. The van der Waals surface area contributed by atoms with Crippen LogP contribution in [-0.2, 0) is 0 Å². The first kappa shape index (κ1) is 11.5. The summed E-state index contributed by atoms with van der Waals surface area (Å²) in [5.74, 6) is 1.58. The molecule has 1 heterocycles. The van der Waals surface area contributed by atoms with Crippen molar-refractivity contribution in [2.75, 3.05) is 12.8 Å². The van der Waals surface area contributed by atoms with Crippen molar-refractivity contribution in [1.29, 1.82) is 0 Å². The molecule has 0 radical (unpaired) electrons. The van der Waals surface area contributed by atoms with Crippen LogP contribution in [0.4, 0.5) is 5.95 Å². The lowest BCUT2D eigenvalue weighted by Crippen LogP contribution is -1.94. The van der Waals surface area contributed by atoms with Crippen molar-refractivity contribution in [1.82, 2.24) is 9.97 Å². The summed E-state index contributed by atoms with van der Waals surface area (Å²) < 4.78 is 5.35. The van der Waals surface area contributed by atoms with Gasteiger partial charge in [-0.2, -0.15) is 0 Å². The number of hydrogen-bond acceptors (Lipinski definition) is 3. The first-order valence-corrected chi connectivity index (χ1v) is 5.62. The summed E-state index contributed by atoms with van der Waals surface area (Å²) in [6.45, 7) is 4.21. The first-order valence-electron chi connectivity index (χ1n) is 5.62. The lowest BCUT2D eigenvalue weighted by molar-refractivity contribution is 0.416. The molecule has 0 bridgehead atoms. The summed E-state index contributed by atoms with van der Waals surface area (Å²) in [6.07, 6.45) is 0. The topological polar surface area (TPSA) is 63.9 Å². The molecule has 0 aliphatic heterocycles. The molecule has 0 amide bonds. The van der Waals surface area contributed by atoms with Crippen molar-refractivity contribution >= 4 is 5.95 Å². The maximum absolute atomic E-state index is 5.74. The third kappa shape index (κ3) is 2.11. The molecule has 1 aromatic heterocycles. The number of nitrogens with two attached hydrogens (primary N) is 1. The molecule has 90 valence electrons. The molecule has 4 heteroatoms. The van der Waals surface area contributed by atoms with Crippen LogP contribution in [-0.4, -0.2) is 17.1 Å². The van der Waals surface area contributed by atoms with Gasteiger partial charge in [0.05, 0.1) is 12.8 Å². The Hall–Kier alpha value is -1.97. The van der Waals surface area contributed by atoms with Gasteiger partial charge in [-0.25, -0.2) is 4.98 Å². The summed E-state index contributed by atoms with van der Waals surface area (Å²) in [5, 5.41) is 0. The molecule has 2 aromatic rings. The maximum Gasteiger partial charge on any atom is 0.198 e. The van der Waals surface area contributed by atoms with E-state index in [-0.39, 0.29) is 0 Å². The highest BCUT2D eigenvalue weighted by Gasteiger charge is 2.16. The Bertz CT molecular complexity index is 517. The number of para-hydroxylation sites is 1. The summed E-state index contributed by atoms with van der Waals surface area (Å²) in [5.41, 5.74) is 8.61. The van der Waals surface area contributed by atoms with Crippen LogP contribution in [0.2, 0.25) is 0 Å². The van der Waals surface area contributed by atoms with Crippen molar-refractivity contribution in [2.45, 2.75) is 19.8 Å². The van der Waals surface area contributed by atoms with Gasteiger partial charge in [0.25, 0.3) is 0 Å². The molecule has 0 spiro atoms. The zero-order valence-electron chi connectivity index (χ0n) is 10.3. The van der Waals surface area contributed by atoms with Gasteiger partial charge in [0.1, 0.15) is 5.75 Å². The highest BCUT2D eigenvalue weighted by molar-refractivity contribution is 5.70. The van der Waals surface area contributed by atoms with Crippen LogP contribution in [0, 0.1) is 0 Å². The van der Waals surface area contributed by atoms with E-state index in [1.807, 2.05) is 24.3 Å². The van der Waals surface area contributed by atoms with Crippen LogP contribution in [0.3, 0.4) is 0 Å². The van der Waals surface area contributed by atoms with Gasteiger partial charge in [-0.05, 0) is 18.1 Å². The molecule has 0 aliphatic rings. The highest BCUT2D eigenvalue weighted by Crippen LogP contribution is 2.33. The van der Waals surface area contributed by atoms with E-state index >= 15 is 0 Å². The van der Waals surface area contributed by atoms with Gasteiger partial charge in [0.2, 0.25) is 0 Å². The van der Waals surface area contributed by atoms with Crippen molar-refractivity contribution in [3.05, 3.63) is 30.0 Å². The van der Waals surface area contributed by atoms with Crippen LogP contribution < -0.4 is 10.5 Å². The minimum absolute atomic E-state index is 0.333. The second-order valence-electron chi connectivity index (χ2n) is 4.24. The highest BCUT2D eigenvalue weighted by atomic mass is 16.5. The molecule has 4 nitrogen and oxygen atoms in total. The molecule has 0 atom stereocenters. The molecule has 0 unspecified atom stereocenters. The van der Waals surface area contributed by atoms with Crippen LogP contribution in [0.25, 0.3) is 11.3 Å². The van der Waals surface area contributed by atoms with Crippen LogP contribution in [0.1, 0.15) is 25.5 Å². The Morgan fingerprint density at radius 1 is 1.29 bits per heavy atom. The number of aromatic nitrogens is 2. The number of nitrogen functional groups attached to an aromatic ring is 1. The van der Waals surface area contributed by atoms with Gasteiger partial charge in [-0.15, -0.1) is 0 Å². The van der Waals surface area contributed by atoms with E-state index in [4.69, 9.17) is 10.5 Å². The van der Waals surface area contributed by atoms with E-state index in [0.717, 1.165) is 22.7 Å². The van der Waals surface area contributed by atoms with Crippen molar-refractivity contribution in [3.63, 3.8) is 0 Å². The van der Waals surface area contributed by atoms with E-state index in [0.29, 0.717) is 11.9 Å². The summed E-state index contributed by atoms with van der Waals surface area (Å²) >= 11 is 0. The molecular weight excluding hydrogens is 214 g/mol. The fourth-order valence-electron chi connectivity index (χ4n) is 1.87. The fraction of sp³-hybridized carbons (Fsp3) is 0.308. The Morgan fingerprint density at radius 3 is 2.65 bits per heavy atom. The molecule has 0 aliphatic carbocycles. The molecule has 0 saturated heterocycles. The van der Waals surface area contributed by atoms with E-state index < -0.39 is 0 Å². The van der Waals surface area contributed by atoms with Gasteiger partial charge in [-0.1, -0.05) is 26.0 Å². The lowest BCUT2D eigenvalue weighted by Gasteiger charge is -2.09. The van der Waals surface area contributed by atoms with E-state index in [1.54, 1.807) is 7.11 Å². The number of hydrogen-bond donors (Lipinski definition) is 2. The molecule has 2 rings (SSSR count). The minimum atomic E-state index is 0.333. The number of anilines is 1. The number of nitrogens with zero attached hydrogens (tertiary/aromatic N) is 1. The molecule has 3 N–H and O–H groups in total. The quantitative estimate of drug-likeness (QED) is 0.853. The monoisotopic (exact) mass is 231 g/mol. The molecule has 17 heavy (non-hydrogen) atoms. The SMILES string of the molecule is COc1ccccc1-c1nc(N)[nH]c1C(C)C. The van der Waals surface area contributed by atoms with Crippen LogP contribution in [0.15, 0.2) is 24.3 Å². The number of ether oxygens (including phenoxy) is 1. The van der Waals surface area contributed by atoms with Gasteiger partial charge in [-0.3, -0.25) is 0 Å². The van der Waals surface area contributed by atoms with Gasteiger partial charge >= 0.3 is 0 Å². The number of methoxy groups -OCH3 is 1. The average Bonchev–Trinajstić information content (AvgIpc) is 2.71. The average molecular weight is 231 g/mol. The Morgan fingerprint density at radius 2 is 2.00 bits per heavy atom. The smallest absolute Gasteiger partial charge is 0.198 e. The van der Waals surface area contributed by atoms with Crippen molar-refractivity contribution in [2.24, 2.45) is 0 Å². The maximum atomic E-state index is 5.74. The zero-order valence-corrected chi connectivity index (χ0v) is 10.3. The molecular formula is C13H17N3O. The Balaban J connectivity index is 2.59. The van der Waals surface area contributed by atoms with E-state index in [1.165, 1.54) is 0 Å². The Kier molecular flexibility index (Phi) is 3.04. The number of nitrogens with one attached hydrogen (secondary N) is 1. The predicted molar refractivity (Wildman–Crippen MR) is 69.1 cm³/mol. The van der Waals surface area contributed by atoms with Crippen LogP contribution >= 0.6 is 0 Å². The van der Waals surface area contributed by atoms with E-state index in [2.05, 4.69) is 23.8 Å². The third-order valence-electron chi connectivity index (χ3n) is 2.69. The number of imidazole rings is 1. The number of rotatable bonds is 3. The fourth-order valence-corrected chi connectivity index (χ4v) is 1.87. The lowest BCUT2D eigenvalue weighted by atomic mass is 10.0. The number of aromatic amines is 1.